The van der Waals surface area contributed by atoms with Crippen LogP contribution in [0.4, 0.5) is 5.69 Å². The third-order valence-electron chi connectivity index (χ3n) is 4.63. The molecule has 1 aromatic heterocycles. The van der Waals surface area contributed by atoms with Gasteiger partial charge in [0.25, 0.3) is 0 Å². The zero-order valence-corrected chi connectivity index (χ0v) is 15.7. The van der Waals surface area contributed by atoms with Crippen molar-refractivity contribution in [1.82, 2.24) is 4.98 Å². The summed E-state index contributed by atoms with van der Waals surface area (Å²) >= 11 is 3.44. The van der Waals surface area contributed by atoms with Crippen molar-refractivity contribution < 1.29 is 0 Å². The molecule has 1 heterocycles. The van der Waals surface area contributed by atoms with E-state index in [0.717, 1.165) is 21.7 Å². The Hall–Kier alpha value is -1.48. The highest BCUT2D eigenvalue weighted by Crippen LogP contribution is 2.41. The third-order valence-corrected chi connectivity index (χ3v) is 5.08. The summed E-state index contributed by atoms with van der Waals surface area (Å²) in [5, 5.41) is 0. The fraction of sp³-hybridized carbons (Fsp3) is 0.400. The van der Waals surface area contributed by atoms with E-state index in [-0.39, 0.29) is 0 Å². The second-order valence-corrected chi connectivity index (χ2v) is 7.36. The Labute approximate surface area is 147 Å². The molecule has 0 aliphatic heterocycles. The van der Waals surface area contributed by atoms with Crippen molar-refractivity contribution in [2.24, 2.45) is 4.99 Å². The van der Waals surface area contributed by atoms with E-state index in [2.05, 4.69) is 46.9 Å². The number of rotatable bonds is 3. The van der Waals surface area contributed by atoms with Crippen molar-refractivity contribution >= 4 is 27.3 Å². The predicted molar refractivity (Wildman–Crippen MR) is 101 cm³/mol. The van der Waals surface area contributed by atoms with Gasteiger partial charge in [0.2, 0.25) is 0 Å². The molecule has 2 aromatic rings. The first kappa shape index (κ1) is 16.4. The summed E-state index contributed by atoms with van der Waals surface area (Å²) in [6.45, 7) is 6.40. The Balaban J connectivity index is 2.06. The van der Waals surface area contributed by atoms with Gasteiger partial charge in [-0.15, -0.1) is 0 Å². The van der Waals surface area contributed by atoms with Crippen LogP contribution in [-0.2, 0) is 0 Å². The molecular weight excluding hydrogens is 348 g/mol. The smallest absolute Gasteiger partial charge is 0.106 e. The largest absolute Gasteiger partial charge is 0.251 e. The number of aryl methyl sites for hydroxylation is 2. The average molecular weight is 371 g/mol. The van der Waals surface area contributed by atoms with Crippen LogP contribution in [-0.4, -0.2) is 10.7 Å². The minimum atomic E-state index is 0.663. The molecule has 2 nitrogen and oxygen atoms in total. The van der Waals surface area contributed by atoms with E-state index >= 15 is 0 Å². The number of aromatic nitrogens is 1. The highest BCUT2D eigenvalue weighted by molar-refractivity contribution is 9.10. The number of benzene rings is 1. The van der Waals surface area contributed by atoms with E-state index in [1.807, 2.05) is 25.1 Å². The minimum Gasteiger partial charge on any atom is -0.251 e. The maximum atomic E-state index is 4.99. The Bertz CT molecular complexity index is 743. The van der Waals surface area contributed by atoms with Gasteiger partial charge in [0, 0.05) is 0 Å². The summed E-state index contributed by atoms with van der Waals surface area (Å²) in [4.78, 5) is 9.52. The molecule has 0 amide bonds. The van der Waals surface area contributed by atoms with Crippen molar-refractivity contribution in [3.05, 3.63) is 57.3 Å². The zero-order valence-electron chi connectivity index (χ0n) is 14.1. The first-order valence-electron chi connectivity index (χ1n) is 8.34. The van der Waals surface area contributed by atoms with Gasteiger partial charge in [-0.2, -0.15) is 0 Å². The zero-order chi connectivity index (χ0) is 16.4. The average Bonchev–Trinajstić information content (AvgIpc) is 3.03. The maximum absolute atomic E-state index is 4.99. The molecule has 1 aromatic carbocycles. The van der Waals surface area contributed by atoms with Gasteiger partial charge < -0.3 is 0 Å². The first-order valence-corrected chi connectivity index (χ1v) is 9.13. The van der Waals surface area contributed by atoms with E-state index in [9.17, 15) is 0 Å². The van der Waals surface area contributed by atoms with Crippen LogP contribution >= 0.6 is 15.9 Å². The fourth-order valence-electron chi connectivity index (χ4n) is 3.53. The lowest BCUT2D eigenvalue weighted by molar-refractivity contribution is 0.722. The standard InChI is InChI=1S/C20H23BrN2/c1-13-11-14(2)20(17(12-13)16-7-4-5-8-16)22-15(3)18-9-6-10-19(21)23-18/h6,9-12,16H,4-5,7-8H2,1-3H3. The maximum Gasteiger partial charge on any atom is 0.106 e. The van der Waals surface area contributed by atoms with E-state index in [1.165, 1.54) is 42.4 Å². The molecule has 0 bridgehead atoms. The summed E-state index contributed by atoms with van der Waals surface area (Å²) < 4.78 is 0.848. The lowest BCUT2D eigenvalue weighted by atomic mass is 9.92. The molecule has 3 heteroatoms. The van der Waals surface area contributed by atoms with Crippen molar-refractivity contribution in [1.29, 1.82) is 0 Å². The van der Waals surface area contributed by atoms with Gasteiger partial charge in [0.15, 0.2) is 0 Å². The third kappa shape index (κ3) is 3.72. The Morgan fingerprint density at radius 1 is 1.17 bits per heavy atom. The summed E-state index contributed by atoms with van der Waals surface area (Å²) in [6.07, 6.45) is 5.26. The van der Waals surface area contributed by atoms with Gasteiger partial charge >= 0.3 is 0 Å². The molecule has 1 fully saturated rings. The second kappa shape index (κ2) is 6.96. The molecule has 1 aliphatic rings. The topological polar surface area (TPSA) is 25.2 Å². The van der Waals surface area contributed by atoms with E-state index in [4.69, 9.17) is 4.99 Å². The van der Waals surface area contributed by atoms with Crippen LogP contribution in [0.3, 0.4) is 0 Å². The molecule has 1 saturated carbocycles. The van der Waals surface area contributed by atoms with E-state index in [0.29, 0.717) is 5.92 Å². The molecule has 120 valence electrons. The SMILES string of the molecule is CC(=Nc1c(C)cc(C)cc1C1CCCC1)c1cccc(Br)n1. The Morgan fingerprint density at radius 3 is 2.61 bits per heavy atom. The molecule has 3 rings (SSSR count). The second-order valence-electron chi connectivity index (χ2n) is 6.54. The highest BCUT2D eigenvalue weighted by Gasteiger charge is 2.21. The molecule has 0 spiro atoms. The summed E-state index contributed by atoms with van der Waals surface area (Å²) in [6, 6.07) is 10.5. The van der Waals surface area contributed by atoms with Gasteiger partial charge in [-0.1, -0.05) is 36.6 Å². The van der Waals surface area contributed by atoms with Crippen LogP contribution in [0, 0.1) is 13.8 Å². The number of halogens is 1. The van der Waals surface area contributed by atoms with Crippen molar-refractivity contribution in [2.45, 2.75) is 52.4 Å². The Kier molecular flexibility index (Phi) is 4.96. The van der Waals surface area contributed by atoms with Gasteiger partial charge in [0.1, 0.15) is 4.60 Å². The summed E-state index contributed by atoms with van der Waals surface area (Å²) in [5.41, 5.74) is 7.08. The molecule has 0 unspecified atom stereocenters. The van der Waals surface area contributed by atoms with Gasteiger partial charge in [0.05, 0.1) is 17.1 Å². The number of pyridine rings is 1. The predicted octanol–water partition coefficient (Wildman–Crippen LogP) is 6.26. The first-order chi connectivity index (χ1) is 11.0. The van der Waals surface area contributed by atoms with E-state index < -0.39 is 0 Å². The van der Waals surface area contributed by atoms with Gasteiger partial charge in [-0.25, -0.2) is 4.98 Å². The van der Waals surface area contributed by atoms with E-state index in [1.54, 1.807) is 0 Å². The van der Waals surface area contributed by atoms with Crippen LogP contribution in [0.1, 0.15) is 60.9 Å². The molecule has 0 atom stereocenters. The van der Waals surface area contributed by atoms with Crippen LogP contribution in [0.25, 0.3) is 0 Å². The van der Waals surface area contributed by atoms with Crippen molar-refractivity contribution in [3.63, 3.8) is 0 Å². The molecule has 0 radical (unpaired) electrons. The summed E-state index contributed by atoms with van der Waals surface area (Å²) in [7, 11) is 0. The van der Waals surface area contributed by atoms with Crippen LogP contribution in [0.2, 0.25) is 0 Å². The van der Waals surface area contributed by atoms with Crippen LogP contribution in [0.15, 0.2) is 39.9 Å². The highest BCUT2D eigenvalue weighted by atomic mass is 79.9. The molecule has 0 N–H and O–H groups in total. The van der Waals surface area contributed by atoms with Gasteiger partial charge in [-0.3, -0.25) is 4.99 Å². The van der Waals surface area contributed by atoms with Crippen molar-refractivity contribution in [3.8, 4) is 0 Å². The fourth-order valence-corrected chi connectivity index (χ4v) is 3.87. The molecule has 1 aliphatic carbocycles. The van der Waals surface area contributed by atoms with Crippen molar-refractivity contribution in [2.75, 3.05) is 0 Å². The number of hydrogen-bond acceptors (Lipinski definition) is 2. The number of nitrogens with zero attached hydrogens (tertiary/aromatic N) is 2. The minimum absolute atomic E-state index is 0.663. The lowest BCUT2D eigenvalue weighted by Gasteiger charge is -2.17. The monoisotopic (exact) mass is 370 g/mol. The summed E-state index contributed by atoms with van der Waals surface area (Å²) in [5.74, 6) is 0.663. The number of hydrogen-bond donors (Lipinski definition) is 0. The van der Waals surface area contributed by atoms with Crippen LogP contribution < -0.4 is 0 Å². The quantitative estimate of drug-likeness (QED) is 0.462. The van der Waals surface area contributed by atoms with Gasteiger partial charge in [-0.05, 0) is 78.7 Å². The Morgan fingerprint density at radius 2 is 1.91 bits per heavy atom. The van der Waals surface area contributed by atoms with Crippen LogP contribution in [0.5, 0.6) is 0 Å². The number of aliphatic imine (C=N–C) groups is 1. The molecule has 0 saturated heterocycles. The lowest BCUT2D eigenvalue weighted by Crippen LogP contribution is -2.01. The normalized spacial score (nSPS) is 16.1. The molecular formula is C20H23BrN2. The molecule has 23 heavy (non-hydrogen) atoms.